The van der Waals surface area contributed by atoms with Crippen LogP contribution >= 0.6 is 12.4 Å². The van der Waals surface area contributed by atoms with Gasteiger partial charge < -0.3 is 10.5 Å². The van der Waals surface area contributed by atoms with Crippen molar-refractivity contribution in [3.8, 4) is 0 Å². The first-order valence-corrected chi connectivity index (χ1v) is 5.07. The Kier molecular flexibility index (Phi) is 3.78. The zero-order valence-corrected chi connectivity index (χ0v) is 9.26. The first-order valence-electron chi connectivity index (χ1n) is 5.07. The average molecular weight is 220 g/mol. The van der Waals surface area contributed by atoms with Crippen LogP contribution in [0, 0.1) is 17.8 Å². The maximum absolute atomic E-state index is 11.5. The van der Waals surface area contributed by atoms with Gasteiger partial charge in [0.1, 0.15) is 0 Å². The minimum atomic E-state index is -0.0955. The Bertz CT molecular complexity index is 212. The highest BCUT2D eigenvalue weighted by Crippen LogP contribution is 2.44. The quantitative estimate of drug-likeness (QED) is 0.678. The minimum absolute atomic E-state index is 0. The van der Waals surface area contributed by atoms with Gasteiger partial charge in [0.2, 0.25) is 0 Å². The second kappa shape index (κ2) is 4.49. The van der Waals surface area contributed by atoms with Gasteiger partial charge in [-0.25, -0.2) is 0 Å². The van der Waals surface area contributed by atoms with Gasteiger partial charge in [0, 0.05) is 6.04 Å². The van der Waals surface area contributed by atoms with Crippen molar-refractivity contribution in [3.05, 3.63) is 0 Å². The van der Waals surface area contributed by atoms with E-state index in [-0.39, 0.29) is 30.3 Å². The van der Waals surface area contributed by atoms with Crippen LogP contribution in [0.15, 0.2) is 0 Å². The van der Waals surface area contributed by atoms with Crippen molar-refractivity contribution in [3.63, 3.8) is 0 Å². The Morgan fingerprint density at radius 1 is 1.21 bits per heavy atom. The molecule has 2 atom stereocenters. The van der Waals surface area contributed by atoms with Crippen LogP contribution in [-0.4, -0.2) is 19.1 Å². The van der Waals surface area contributed by atoms with Crippen LogP contribution in [0.5, 0.6) is 0 Å². The predicted octanol–water partition coefficient (Wildman–Crippen LogP) is 1.34. The summed E-state index contributed by atoms with van der Waals surface area (Å²) in [6.45, 7) is 0. The molecule has 3 nitrogen and oxygen atoms in total. The second-order valence-electron chi connectivity index (χ2n) is 4.30. The fourth-order valence-corrected chi connectivity index (χ4v) is 2.98. The molecule has 0 aromatic carbocycles. The van der Waals surface area contributed by atoms with Crippen molar-refractivity contribution >= 4 is 18.4 Å². The van der Waals surface area contributed by atoms with E-state index in [0.29, 0.717) is 11.8 Å². The Morgan fingerprint density at radius 3 is 2.14 bits per heavy atom. The molecule has 0 unspecified atom stereocenters. The molecule has 0 saturated heterocycles. The summed E-state index contributed by atoms with van der Waals surface area (Å²) in [6.07, 6.45) is 4.74. The number of ether oxygens (including phenoxy) is 1. The Balaban J connectivity index is 0.000000980. The summed E-state index contributed by atoms with van der Waals surface area (Å²) < 4.78 is 4.79. The predicted molar refractivity (Wildman–Crippen MR) is 56.2 cm³/mol. The number of nitrogens with two attached hydrogens (primary N) is 1. The molecular formula is C10H18ClNO2. The molecule has 14 heavy (non-hydrogen) atoms. The molecule has 82 valence electrons. The van der Waals surface area contributed by atoms with Crippen molar-refractivity contribution in [2.24, 2.45) is 23.5 Å². The molecule has 0 aliphatic heterocycles. The fraction of sp³-hybridized carbons (Fsp3) is 0.900. The number of rotatable bonds is 1. The van der Waals surface area contributed by atoms with E-state index < -0.39 is 0 Å². The van der Waals surface area contributed by atoms with E-state index in [1.807, 2.05) is 0 Å². The number of hydrogen-bond donors (Lipinski definition) is 1. The molecule has 3 aliphatic carbocycles. The number of carbonyl (C=O) groups excluding carboxylic acids is 1. The van der Waals surface area contributed by atoms with E-state index in [4.69, 9.17) is 10.5 Å². The summed E-state index contributed by atoms with van der Waals surface area (Å²) in [5.74, 6) is 0.945. The Hall–Kier alpha value is -0.280. The maximum Gasteiger partial charge on any atom is 0.310 e. The van der Waals surface area contributed by atoms with Gasteiger partial charge in [0.25, 0.3) is 0 Å². The van der Waals surface area contributed by atoms with E-state index in [2.05, 4.69) is 0 Å². The molecule has 4 heteroatoms. The van der Waals surface area contributed by atoms with Crippen molar-refractivity contribution < 1.29 is 9.53 Å². The summed E-state index contributed by atoms with van der Waals surface area (Å²) in [5, 5.41) is 0. The molecule has 0 amide bonds. The van der Waals surface area contributed by atoms with Crippen molar-refractivity contribution in [1.82, 2.24) is 0 Å². The lowest BCUT2D eigenvalue weighted by Crippen LogP contribution is -2.52. The number of halogens is 1. The molecule has 3 fully saturated rings. The second-order valence-corrected chi connectivity index (χ2v) is 4.30. The smallest absolute Gasteiger partial charge is 0.310 e. The monoisotopic (exact) mass is 219 g/mol. The lowest BCUT2D eigenvalue weighted by molar-refractivity contribution is -0.152. The lowest BCUT2D eigenvalue weighted by Gasteiger charge is -2.45. The van der Waals surface area contributed by atoms with Crippen LogP contribution in [0.4, 0.5) is 0 Å². The summed E-state index contributed by atoms with van der Waals surface area (Å²) in [5.41, 5.74) is 6.04. The Morgan fingerprint density at radius 2 is 1.71 bits per heavy atom. The third-order valence-electron chi connectivity index (χ3n) is 3.76. The van der Waals surface area contributed by atoms with Crippen LogP contribution in [0.1, 0.15) is 25.7 Å². The average Bonchev–Trinajstić information content (AvgIpc) is 2.18. The van der Waals surface area contributed by atoms with Crippen LogP contribution in [0.25, 0.3) is 0 Å². The third-order valence-corrected chi connectivity index (χ3v) is 3.76. The number of carbonyl (C=O) groups is 1. The molecule has 0 heterocycles. The fourth-order valence-electron chi connectivity index (χ4n) is 2.98. The van der Waals surface area contributed by atoms with Gasteiger partial charge in [-0.2, -0.15) is 0 Å². The molecule has 3 aliphatic rings. The van der Waals surface area contributed by atoms with E-state index in [9.17, 15) is 4.79 Å². The van der Waals surface area contributed by atoms with Gasteiger partial charge in [0.05, 0.1) is 13.0 Å². The van der Waals surface area contributed by atoms with Crippen LogP contribution in [0.3, 0.4) is 0 Å². The Labute approximate surface area is 90.8 Å². The normalized spacial score (nSPS) is 40.1. The maximum atomic E-state index is 11.5. The standard InChI is InChI=1S/C10H17NO2.ClH/c1-13-10(12)8-6-2-4-7(5-3-6)9(8)11;/h6-9H,2-5,11H2,1H3;1H/t6?,7?,8-,9+;/m1./s1. The van der Waals surface area contributed by atoms with Crippen LogP contribution in [0.2, 0.25) is 0 Å². The summed E-state index contributed by atoms with van der Waals surface area (Å²) in [6, 6.07) is 0.0555. The lowest BCUT2D eigenvalue weighted by atomic mass is 9.62. The van der Waals surface area contributed by atoms with E-state index >= 15 is 0 Å². The minimum Gasteiger partial charge on any atom is -0.469 e. The number of fused-ring (bicyclic) bond motifs is 3. The topological polar surface area (TPSA) is 52.3 Å². The summed E-state index contributed by atoms with van der Waals surface area (Å²) >= 11 is 0. The zero-order valence-electron chi connectivity index (χ0n) is 8.44. The summed E-state index contributed by atoms with van der Waals surface area (Å²) in [4.78, 5) is 11.5. The highest BCUT2D eigenvalue weighted by molar-refractivity contribution is 5.85. The molecule has 2 N–H and O–H groups in total. The van der Waals surface area contributed by atoms with E-state index in [1.54, 1.807) is 0 Å². The summed E-state index contributed by atoms with van der Waals surface area (Å²) in [7, 11) is 1.46. The van der Waals surface area contributed by atoms with Crippen molar-refractivity contribution in [1.29, 1.82) is 0 Å². The first kappa shape index (κ1) is 11.8. The molecule has 3 saturated carbocycles. The zero-order chi connectivity index (χ0) is 9.42. The first-order chi connectivity index (χ1) is 6.24. The highest BCUT2D eigenvalue weighted by atomic mass is 35.5. The van der Waals surface area contributed by atoms with Crippen molar-refractivity contribution in [2.75, 3.05) is 7.11 Å². The van der Waals surface area contributed by atoms with Gasteiger partial charge in [0.15, 0.2) is 0 Å². The van der Waals surface area contributed by atoms with Crippen LogP contribution < -0.4 is 5.73 Å². The van der Waals surface area contributed by atoms with E-state index in [1.165, 1.54) is 20.0 Å². The van der Waals surface area contributed by atoms with Crippen molar-refractivity contribution in [2.45, 2.75) is 31.7 Å². The van der Waals surface area contributed by atoms with Crippen LogP contribution in [-0.2, 0) is 9.53 Å². The SMILES string of the molecule is COC(=O)[C@@H]1C2CCC(CC2)[C@@H]1N.Cl. The molecular weight excluding hydrogens is 202 g/mol. The molecule has 2 bridgehead atoms. The van der Waals surface area contributed by atoms with E-state index in [0.717, 1.165) is 12.8 Å². The van der Waals surface area contributed by atoms with Gasteiger partial charge in [-0.3, -0.25) is 4.79 Å². The highest BCUT2D eigenvalue weighted by Gasteiger charge is 2.45. The van der Waals surface area contributed by atoms with Gasteiger partial charge in [-0.15, -0.1) is 12.4 Å². The number of methoxy groups -OCH3 is 1. The molecule has 0 radical (unpaired) electrons. The number of esters is 1. The molecule has 0 aromatic heterocycles. The molecule has 3 rings (SSSR count). The number of hydrogen-bond acceptors (Lipinski definition) is 3. The third kappa shape index (κ3) is 1.75. The largest absolute Gasteiger partial charge is 0.469 e. The van der Waals surface area contributed by atoms with Gasteiger partial charge in [-0.1, -0.05) is 0 Å². The van der Waals surface area contributed by atoms with Gasteiger partial charge in [-0.05, 0) is 37.5 Å². The molecule has 0 spiro atoms. The van der Waals surface area contributed by atoms with Gasteiger partial charge >= 0.3 is 5.97 Å². The molecule has 0 aromatic rings.